The van der Waals surface area contributed by atoms with Crippen molar-refractivity contribution in [2.45, 2.75) is 19.3 Å². The van der Waals surface area contributed by atoms with Crippen molar-refractivity contribution in [2.24, 2.45) is 0 Å². The fraction of sp³-hybridized carbons (Fsp3) is 0.263. The number of fused-ring (bicyclic) bond motifs is 1. The van der Waals surface area contributed by atoms with E-state index in [9.17, 15) is 19.2 Å². The van der Waals surface area contributed by atoms with E-state index in [1.54, 1.807) is 6.07 Å². The van der Waals surface area contributed by atoms with Crippen molar-refractivity contribution < 1.29 is 23.9 Å². The third-order valence-electron chi connectivity index (χ3n) is 4.37. The van der Waals surface area contributed by atoms with Gasteiger partial charge in [-0.2, -0.15) is 0 Å². The molecule has 8 nitrogen and oxygen atoms in total. The number of ether oxygens (including phenoxy) is 2. The normalized spacial score (nSPS) is 12.2. The Hall–Kier alpha value is -3.42. The number of amides is 1. The van der Waals surface area contributed by atoms with Crippen molar-refractivity contribution in [1.29, 1.82) is 0 Å². The van der Waals surface area contributed by atoms with Crippen molar-refractivity contribution in [1.82, 2.24) is 4.98 Å². The molecule has 1 aromatic heterocycles. The molecule has 1 heterocycles. The molecule has 0 spiro atoms. The quantitative estimate of drug-likeness (QED) is 0.792. The van der Waals surface area contributed by atoms with Gasteiger partial charge in [0.05, 0.1) is 25.3 Å². The van der Waals surface area contributed by atoms with Crippen LogP contribution in [0.2, 0.25) is 0 Å². The van der Waals surface area contributed by atoms with E-state index < -0.39 is 23.4 Å². The molecule has 140 valence electrons. The van der Waals surface area contributed by atoms with Gasteiger partial charge >= 0.3 is 11.9 Å². The van der Waals surface area contributed by atoms with Gasteiger partial charge in [0.25, 0.3) is 11.5 Å². The number of pyridine rings is 1. The molecule has 2 aromatic rings. The van der Waals surface area contributed by atoms with Crippen LogP contribution in [0.1, 0.15) is 48.8 Å². The van der Waals surface area contributed by atoms with E-state index in [0.29, 0.717) is 0 Å². The summed E-state index contributed by atoms with van der Waals surface area (Å²) >= 11 is 0. The van der Waals surface area contributed by atoms with E-state index in [2.05, 4.69) is 19.8 Å². The summed E-state index contributed by atoms with van der Waals surface area (Å²) in [4.78, 5) is 51.1. The minimum atomic E-state index is -0.674. The molecule has 27 heavy (non-hydrogen) atoms. The first-order valence-corrected chi connectivity index (χ1v) is 8.31. The summed E-state index contributed by atoms with van der Waals surface area (Å²) in [7, 11) is 2.41. The number of aromatic nitrogens is 1. The zero-order valence-corrected chi connectivity index (χ0v) is 14.9. The second-order valence-corrected chi connectivity index (χ2v) is 6.11. The summed E-state index contributed by atoms with van der Waals surface area (Å²) in [5.41, 5.74) is 1.60. The zero-order valence-electron chi connectivity index (χ0n) is 14.9. The molecule has 2 N–H and O–H groups in total. The summed E-state index contributed by atoms with van der Waals surface area (Å²) < 4.78 is 9.32. The Kier molecular flexibility index (Phi) is 5.07. The summed E-state index contributed by atoms with van der Waals surface area (Å²) in [6, 6.07) is 5.60. The number of hydrogen-bond donors (Lipinski definition) is 2. The summed E-state index contributed by atoms with van der Waals surface area (Å²) in [6.45, 7) is 0. The Bertz CT molecular complexity index is 958. The fourth-order valence-corrected chi connectivity index (χ4v) is 3.05. The van der Waals surface area contributed by atoms with Crippen LogP contribution in [0, 0.1) is 0 Å². The van der Waals surface area contributed by atoms with Crippen LogP contribution in [0.4, 0.5) is 5.69 Å². The zero-order chi connectivity index (χ0) is 19.6. The molecule has 0 bridgehead atoms. The van der Waals surface area contributed by atoms with Crippen molar-refractivity contribution in [3.8, 4) is 0 Å². The van der Waals surface area contributed by atoms with Crippen molar-refractivity contribution in [2.75, 3.05) is 19.5 Å². The Morgan fingerprint density at radius 2 is 1.59 bits per heavy atom. The molecular weight excluding hydrogens is 352 g/mol. The first-order valence-electron chi connectivity index (χ1n) is 8.31. The number of carbonyl (C=O) groups excluding carboxylic acids is 3. The van der Waals surface area contributed by atoms with Crippen LogP contribution in [-0.2, 0) is 22.3 Å². The SMILES string of the molecule is COC(=O)c1cc(NC(=O)c2cc3c([nH]c2=O)CCC3)cc(C(=O)OC)c1. The number of aromatic amines is 1. The van der Waals surface area contributed by atoms with E-state index in [-0.39, 0.29) is 22.4 Å². The molecule has 0 unspecified atom stereocenters. The van der Waals surface area contributed by atoms with Crippen LogP contribution in [0.25, 0.3) is 0 Å². The highest BCUT2D eigenvalue weighted by Crippen LogP contribution is 2.20. The van der Waals surface area contributed by atoms with Crippen molar-refractivity contribution in [3.63, 3.8) is 0 Å². The number of rotatable bonds is 4. The minimum absolute atomic E-state index is 0.0289. The van der Waals surface area contributed by atoms with E-state index in [0.717, 1.165) is 30.5 Å². The number of esters is 2. The number of H-pyrrole nitrogens is 1. The highest BCUT2D eigenvalue weighted by molar-refractivity contribution is 6.06. The lowest BCUT2D eigenvalue weighted by Crippen LogP contribution is -2.24. The first-order chi connectivity index (χ1) is 12.9. The van der Waals surface area contributed by atoms with Crippen molar-refractivity contribution >= 4 is 23.5 Å². The number of anilines is 1. The van der Waals surface area contributed by atoms with Crippen LogP contribution < -0.4 is 10.9 Å². The smallest absolute Gasteiger partial charge is 0.337 e. The first kappa shape index (κ1) is 18.4. The molecule has 1 amide bonds. The van der Waals surface area contributed by atoms with Gasteiger partial charge < -0.3 is 19.8 Å². The third-order valence-corrected chi connectivity index (χ3v) is 4.37. The standard InChI is InChI=1S/C19H18N2O6/c1-26-18(24)11-6-12(19(25)27-2)8-13(7-11)20-16(22)14-9-10-4-3-5-15(10)21-17(14)23/h6-9H,3-5H2,1-2H3,(H,20,22)(H,21,23). The highest BCUT2D eigenvalue weighted by atomic mass is 16.5. The molecule has 0 radical (unpaired) electrons. The average Bonchev–Trinajstić information content (AvgIpc) is 3.12. The van der Waals surface area contributed by atoms with Gasteiger partial charge in [0.2, 0.25) is 0 Å². The predicted molar refractivity (Wildman–Crippen MR) is 96.2 cm³/mol. The number of methoxy groups -OCH3 is 2. The van der Waals surface area contributed by atoms with E-state index in [1.807, 2.05) is 0 Å². The molecular formula is C19H18N2O6. The number of nitrogens with one attached hydrogen (secondary N) is 2. The molecule has 0 saturated carbocycles. The van der Waals surface area contributed by atoms with Crippen LogP contribution in [0.3, 0.4) is 0 Å². The van der Waals surface area contributed by atoms with Gasteiger partial charge in [-0.05, 0) is 49.1 Å². The predicted octanol–water partition coefficient (Wildman–Crippen LogP) is 1.69. The van der Waals surface area contributed by atoms with Crippen LogP contribution in [-0.4, -0.2) is 37.0 Å². The summed E-state index contributed by atoms with van der Waals surface area (Å²) in [5, 5.41) is 2.55. The lowest BCUT2D eigenvalue weighted by Gasteiger charge is -2.10. The molecule has 0 saturated heterocycles. The van der Waals surface area contributed by atoms with Gasteiger partial charge in [0, 0.05) is 11.4 Å². The Balaban J connectivity index is 1.95. The molecule has 1 aromatic carbocycles. The molecule has 0 aliphatic heterocycles. The van der Waals surface area contributed by atoms with Crippen molar-refractivity contribution in [3.05, 3.63) is 62.6 Å². The lowest BCUT2D eigenvalue weighted by molar-refractivity contribution is 0.0599. The van der Waals surface area contributed by atoms with Gasteiger partial charge in [0.1, 0.15) is 5.56 Å². The highest BCUT2D eigenvalue weighted by Gasteiger charge is 2.20. The van der Waals surface area contributed by atoms with E-state index in [4.69, 9.17) is 0 Å². The van der Waals surface area contributed by atoms with Gasteiger partial charge in [-0.3, -0.25) is 9.59 Å². The third kappa shape index (κ3) is 3.74. The average molecular weight is 370 g/mol. The fourth-order valence-electron chi connectivity index (χ4n) is 3.05. The lowest BCUT2D eigenvalue weighted by atomic mass is 10.1. The van der Waals surface area contributed by atoms with Gasteiger partial charge in [-0.25, -0.2) is 9.59 Å². The molecule has 8 heteroatoms. The Labute approximate surface area is 154 Å². The summed E-state index contributed by atoms with van der Waals surface area (Å²) in [5.74, 6) is -1.98. The molecule has 1 aliphatic rings. The Morgan fingerprint density at radius 3 is 2.19 bits per heavy atom. The van der Waals surface area contributed by atoms with Crippen LogP contribution in [0.15, 0.2) is 29.1 Å². The maximum atomic E-state index is 12.6. The number of hydrogen-bond acceptors (Lipinski definition) is 6. The molecule has 0 fully saturated rings. The van der Waals surface area contributed by atoms with E-state index >= 15 is 0 Å². The largest absolute Gasteiger partial charge is 0.465 e. The maximum absolute atomic E-state index is 12.6. The number of aryl methyl sites for hydroxylation is 2. The topological polar surface area (TPSA) is 115 Å². The molecule has 1 aliphatic carbocycles. The van der Waals surface area contributed by atoms with Gasteiger partial charge in [-0.1, -0.05) is 0 Å². The monoisotopic (exact) mass is 370 g/mol. The second-order valence-electron chi connectivity index (χ2n) is 6.11. The second kappa shape index (κ2) is 7.45. The maximum Gasteiger partial charge on any atom is 0.337 e. The molecule has 3 rings (SSSR count). The number of benzene rings is 1. The van der Waals surface area contributed by atoms with Crippen LogP contribution >= 0.6 is 0 Å². The number of carbonyl (C=O) groups is 3. The van der Waals surface area contributed by atoms with Crippen LogP contribution in [0.5, 0.6) is 0 Å². The van der Waals surface area contributed by atoms with E-state index in [1.165, 1.54) is 32.4 Å². The van der Waals surface area contributed by atoms with Gasteiger partial charge in [0.15, 0.2) is 0 Å². The Morgan fingerprint density at radius 1 is 0.963 bits per heavy atom. The molecule has 0 atom stereocenters. The minimum Gasteiger partial charge on any atom is -0.465 e. The van der Waals surface area contributed by atoms with Gasteiger partial charge in [-0.15, -0.1) is 0 Å². The summed E-state index contributed by atoms with van der Waals surface area (Å²) in [6.07, 6.45) is 2.52.